The van der Waals surface area contributed by atoms with Crippen LogP contribution in [0.1, 0.15) is 23.1 Å². The van der Waals surface area contributed by atoms with Crippen molar-refractivity contribution in [2.24, 2.45) is 15.0 Å². The van der Waals surface area contributed by atoms with Gasteiger partial charge in [-0.1, -0.05) is 5.46 Å². The molecule has 0 bridgehead atoms. The average Bonchev–Trinajstić information content (AvgIpc) is 3.11. The van der Waals surface area contributed by atoms with Crippen LogP contribution in [0.15, 0.2) is 39.2 Å². The van der Waals surface area contributed by atoms with E-state index in [-0.39, 0.29) is 25.5 Å². The van der Waals surface area contributed by atoms with Crippen LogP contribution in [0.5, 0.6) is 11.5 Å². The van der Waals surface area contributed by atoms with Gasteiger partial charge in [0.15, 0.2) is 17.3 Å². The van der Waals surface area contributed by atoms with Gasteiger partial charge in [-0.05, 0) is 54.8 Å². The quantitative estimate of drug-likeness (QED) is 0.536. The van der Waals surface area contributed by atoms with Crippen molar-refractivity contribution in [3.05, 3.63) is 51.7 Å². The lowest BCUT2D eigenvalue weighted by Crippen LogP contribution is -2.38. The maximum absolute atomic E-state index is 12.3. The van der Waals surface area contributed by atoms with E-state index in [1.165, 1.54) is 6.21 Å². The second-order valence-electron chi connectivity index (χ2n) is 7.07. The molecule has 0 saturated heterocycles. The molecule has 144 valence electrons. The van der Waals surface area contributed by atoms with Crippen LogP contribution >= 0.6 is 0 Å². The molecule has 1 unspecified atom stereocenters. The monoisotopic (exact) mass is 387 g/mol. The maximum Gasteiger partial charge on any atom is 0.271 e. The molecule has 1 amide bonds. The number of aryl methyl sites for hydroxylation is 2. The van der Waals surface area contributed by atoms with E-state index in [9.17, 15) is 9.59 Å². The van der Waals surface area contributed by atoms with Gasteiger partial charge in [0.1, 0.15) is 13.9 Å². The Balaban J connectivity index is 1.43. The fraction of sp³-hybridized carbons (Fsp3) is 0.286. The number of carbonyl (C=O) groups is 2. The predicted octanol–water partition coefficient (Wildman–Crippen LogP) is 0.0522. The number of benzene rings is 2. The van der Waals surface area contributed by atoms with Crippen molar-refractivity contribution in [1.82, 2.24) is 0 Å². The molecule has 2 aliphatic heterocycles. The van der Waals surface area contributed by atoms with Gasteiger partial charge in [-0.3, -0.25) is 19.6 Å². The van der Waals surface area contributed by atoms with E-state index >= 15 is 0 Å². The van der Waals surface area contributed by atoms with E-state index in [0.29, 0.717) is 33.2 Å². The summed E-state index contributed by atoms with van der Waals surface area (Å²) >= 11 is 0. The van der Waals surface area contributed by atoms with Gasteiger partial charge in [-0.2, -0.15) is 0 Å². The first-order chi connectivity index (χ1) is 13.9. The van der Waals surface area contributed by atoms with E-state index in [1.807, 2.05) is 26.0 Å². The molecule has 29 heavy (non-hydrogen) atoms. The van der Waals surface area contributed by atoms with Crippen molar-refractivity contribution < 1.29 is 19.1 Å². The molecule has 8 heteroatoms. The van der Waals surface area contributed by atoms with E-state index in [4.69, 9.17) is 17.3 Å². The Labute approximate surface area is 168 Å². The number of hydrogen-bond acceptors (Lipinski definition) is 6. The van der Waals surface area contributed by atoms with Crippen molar-refractivity contribution in [3.8, 4) is 11.5 Å². The van der Waals surface area contributed by atoms with Crippen LogP contribution in [0.2, 0.25) is 0 Å². The molecule has 7 nitrogen and oxygen atoms in total. The summed E-state index contributed by atoms with van der Waals surface area (Å²) in [5.74, 6) is 0.565. The molecule has 2 aromatic carbocycles. The Morgan fingerprint density at radius 2 is 1.86 bits per heavy atom. The lowest BCUT2D eigenvalue weighted by atomic mass is 9.90. The van der Waals surface area contributed by atoms with Crippen LogP contribution < -0.4 is 25.7 Å². The third-order valence-corrected chi connectivity index (χ3v) is 4.90. The maximum atomic E-state index is 12.3. The summed E-state index contributed by atoms with van der Waals surface area (Å²) in [6.45, 7) is 4.00. The number of aliphatic imine (C=N–C) groups is 1. The van der Waals surface area contributed by atoms with Crippen LogP contribution in [0, 0.1) is 13.8 Å². The third-order valence-electron chi connectivity index (χ3n) is 4.90. The first kappa shape index (κ1) is 19.0. The Morgan fingerprint density at radius 3 is 2.62 bits per heavy atom. The summed E-state index contributed by atoms with van der Waals surface area (Å²) in [5, 5.41) is 1.19. The molecule has 2 aromatic rings. The molecule has 1 atom stereocenters. The van der Waals surface area contributed by atoms with E-state index in [1.54, 1.807) is 12.1 Å². The molecule has 0 aromatic heterocycles. The summed E-state index contributed by atoms with van der Waals surface area (Å²) in [5.41, 5.74) is 3.22. The molecule has 2 heterocycles. The molecule has 2 aliphatic rings. The standard InChI is InChI=1S/C21H18BN3O4/c1-11-3-16-17(4-12(11)2)25-21(27)18(24-16)6-14(26)9-23-8-13-5-19-20(7-15(13)22)29-10-28-19/h3-5,7-8,18H,6,9-10H2,1-2H3. The lowest BCUT2D eigenvalue weighted by molar-refractivity contribution is -0.124. The minimum atomic E-state index is -0.803. The molecule has 0 aliphatic carbocycles. The highest BCUT2D eigenvalue weighted by molar-refractivity contribution is 6.35. The number of amides is 1. The zero-order chi connectivity index (χ0) is 20.5. The zero-order valence-electron chi connectivity index (χ0n) is 16.1. The topological polar surface area (TPSA) is 89.7 Å². The Morgan fingerprint density at radius 1 is 1.17 bits per heavy atom. The van der Waals surface area contributed by atoms with Crippen molar-refractivity contribution in [2.75, 3.05) is 13.3 Å². The number of nitrogens with zero attached hydrogens (tertiary/aromatic N) is 3. The first-order valence-electron chi connectivity index (χ1n) is 9.19. The van der Waals surface area contributed by atoms with Crippen LogP contribution in [-0.2, 0) is 9.59 Å². The smallest absolute Gasteiger partial charge is 0.271 e. The van der Waals surface area contributed by atoms with Gasteiger partial charge in [0.05, 0.1) is 17.3 Å². The van der Waals surface area contributed by atoms with Crippen molar-refractivity contribution in [3.63, 3.8) is 0 Å². The number of rotatable bonds is 5. The molecular formula is C21H18BN3O4. The third kappa shape index (κ3) is 3.96. The second kappa shape index (κ2) is 7.62. The summed E-state index contributed by atoms with van der Waals surface area (Å²) in [6.07, 6.45) is 1.48. The fourth-order valence-corrected chi connectivity index (χ4v) is 3.14. The number of ether oxygens (including phenoxy) is 2. The van der Waals surface area contributed by atoms with Gasteiger partial charge in [-0.25, -0.2) is 4.99 Å². The minimum Gasteiger partial charge on any atom is -0.454 e. The van der Waals surface area contributed by atoms with Gasteiger partial charge in [0.2, 0.25) is 6.79 Å². The highest BCUT2D eigenvalue weighted by atomic mass is 16.7. The Bertz CT molecular complexity index is 1170. The molecule has 0 saturated carbocycles. The zero-order valence-corrected chi connectivity index (χ0v) is 16.1. The number of fused-ring (bicyclic) bond motifs is 2. The summed E-state index contributed by atoms with van der Waals surface area (Å²) in [7, 11) is 5.96. The van der Waals surface area contributed by atoms with Crippen molar-refractivity contribution >= 4 is 31.2 Å². The highest BCUT2D eigenvalue weighted by Gasteiger charge is 2.23. The van der Waals surface area contributed by atoms with Gasteiger partial charge in [-0.15, -0.1) is 0 Å². The van der Waals surface area contributed by atoms with Crippen LogP contribution in [0.4, 0.5) is 0 Å². The van der Waals surface area contributed by atoms with E-state index in [2.05, 4.69) is 15.0 Å². The van der Waals surface area contributed by atoms with Gasteiger partial charge >= 0.3 is 0 Å². The van der Waals surface area contributed by atoms with Crippen LogP contribution in [0.25, 0.3) is 0 Å². The second-order valence-corrected chi connectivity index (χ2v) is 7.07. The first-order valence-corrected chi connectivity index (χ1v) is 9.19. The largest absolute Gasteiger partial charge is 0.454 e. The number of Topliss-reactive ketones (excluding diaryl/α,β-unsaturated/α-hetero) is 1. The summed E-state index contributed by atoms with van der Waals surface area (Å²) in [4.78, 5) is 37.2. The van der Waals surface area contributed by atoms with E-state index in [0.717, 1.165) is 11.1 Å². The summed E-state index contributed by atoms with van der Waals surface area (Å²) < 4.78 is 10.6. The van der Waals surface area contributed by atoms with Crippen molar-refractivity contribution in [2.45, 2.75) is 26.3 Å². The van der Waals surface area contributed by atoms with Crippen LogP contribution in [0.3, 0.4) is 0 Å². The molecule has 0 spiro atoms. The molecule has 2 radical (unpaired) electrons. The molecule has 4 rings (SSSR count). The SMILES string of the molecule is [B]c1cc2c(cc1C=NCC(=O)CC1N=c3cc(C)c(C)cc3=NC1=O)OCO2. The van der Waals surface area contributed by atoms with Crippen molar-refractivity contribution in [1.29, 1.82) is 0 Å². The normalized spacial score (nSPS) is 17.0. The molecular weight excluding hydrogens is 369 g/mol. The molecule has 0 N–H and O–H groups in total. The number of ketones is 1. The summed E-state index contributed by atoms with van der Waals surface area (Å²) in [6, 6.07) is 6.30. The lowest BCUT2D eigenvalue weighted by Gasteiger charge is -2.11. The van der Waals surface area contributed by atoms with Gasteiger partial charge < -0.3 is 9.47 Å². The number of carbonyl (C=O) groups excluding carboxylic acids is 2. The Hall–Kier alpha value is -3.29. The van der Waals surface area contributed by atoms with E-state index < -0.39 is 11.9 Å². The van der Waals surface area contributed by atoms with Gasteiger partial charge in [0, 0.05) is 12.6 Å². The number of hydrogen-bond donors (Lipinski definition) is 0. The molecule has 0 fully saturated rings. The Kier molecular flexibility index (Phi) is 5.00. The average molecular weight is 387 g/mol. The predicted molar refractivity (Wildman–Crippen MR) is 107 cm³/mol. The minimum absolute atomic E-state index is 0.0390. The fourth-order valence-electron chi connectivity index (χ4n) is 3.14. The van der Waals surface area contributed by atoms with Crippen LogP contribution in [-0.4, -0.2) is 45.1 Å². The van der Waals surface area contributed by atoms with Gasteiger partial charge in [0.25, 0.3) is 5.91 Å². The highest BCUT2D eigenvalue weighted by Crippen LogP contribution is 2.31.